The highest BCUT2D eigenvalue weighted by molar-refractivity contribution is 5.73. The first-order valence-electron chi connectivity index (χ1n) is 9.29. The van der Waals surface area contributed by atoms with Gasteiger partial charge in [0.1, 0.15) is 17.6 Å². The van der Waals surface area contributed by atoms with E-state index in [4.69, 9.17) is 9.47 Å². The Labute approximate surface area is 154 Å². The molecule has 0 heterocycles. The Hall–Kier alpha value is -2.33. The quantitative estimate of drug-likeness (QED) is 0.597. The third kappa shape index (κ3) is 5.09. The Morgan fingerprint density at radius 1 is 1.00 bits per heavy atom. The topological polar surface area (TPSA) is 55.8 Å². The van der Waals surface area contributed by atoms with Crippen molar-refractivity contribution in [2.24, 2.45) is 0 Å². The summed E-state index contributed by atoms with van der Waals surface area (Å²) in [5, 5.41) is 10.5. The van der Waals surface area contributed by atoms with Crippen molar-refractivity contribution in [3.8, 4) is 11.5 Å². The summed E-state index contributed by atoms with van der Waals surface area (Å²) in [6.45, 7) is 1.99. The molecule has 0 amide bonds. The van der Waals surface area contributed by atoms with Gasteiger partial charge in [-0.15, -0.1) is 0 Å². The van der Waals surface area contributed by atoms with Gasteiger partial charge in [-0.1, -0.05) is 49.6 Å². The Morgan fingerprint density at radius 2 is 1.62 bits per heavy atom. The number of carbonyl (C=O) groups excluding carboxylic acids is 1. The third-order valence-electron chi connectivity index (χ3n) is 4.89. The third-order valence-corrected chi connectivity index (χ3v) is 4.89. The van der Waals surface area contributed by atoms with Crippen molar-refractivity contribution in [3.63, 3.8) is 0 Å². The summed E-state index contributed by atoms with van der Waals surface area (Å²) in [5.41, 5.74) is 0.201. The first-order valence-corrected chi connectivity index (χ1v) is 9.29. The van der Waals surface area contributed by atoms with Gasteiger partial charge in [0, 0.05) is 0 Å². The number of esters is 1. The molecule has 0 unspecified atom stereocenters. The fourth-order valence-electron chi connectivity index (χ4n) is 3.41. The van der Waals surface area contributed by atoms with Gasteiger partial charge in [0.2, 0.25) is 0 Å². The van der Waals surface area contributed by atoms with Gasteiger partial charge in [-0.05, 0) is 49.6 Å². The van der Waals surface area contributed by atoms with Gasteiger partial charge in [0.05, 0.1) is 12.0 Å². The van der Waals surface area contributed by atoms with E-state index in [1.54, 1.807) is 24.3 Å². The fourth-order valence-corrected chi connectivity index (χ4v) is 3.41. The standard InChI is InChI=1S/C22H26O4/c1-17(18-8-4-2-5-9-18)25-19-10-12-20(13-11-19)26-21(23)16-22(24)14-6-3-7-15-22/h2,4-5,8-13,17,24H,3,6-7,14-16H2,1H3/t17-/m0/s1. The van der Waals surface area contributed by atoms with Crippen LogP contribution in [0.3, 0.4) is 0 Å². The lowest BCUT2D eigenvalue weighted by molar-refractivity contribution is -0.141. The number of ether oxygens (including phenoxy) is 2. The van der Waals surface area contributed by atoms with E-state index in [2.05, 4.69) is 0 Å². The lowest BCUT2D eigenvalue weighted by atomic mass is 9.82. The molecule has 4 nitrogen and oxygen atoms in total. The van der Waals surface area contributed by atoms with Crippen molar-refractivity contribution >= 4 is 5.97 Å². The van der Waals surface area contributed by atoms with Crippen LogP contribution in [0.5, 0.6) is 11.5 Å². The average molecular weight is 354 g/mol. The van der Waals surface area contributed by atoms with E-state index in [1.165, 1.54) is 0 Å². The van der Waals surface area contributed by atoms with E-state index in [0.29, 0.717) is 24.3 Å². The highest BCUT2D eigenvalue weighted by atomic mass is 16.5. The minimum atomic E-state index is -0.899. The molecule has 0 spiro atoms. The molecular weight excluding hydrogens is 328 g/mol. The Balaban J connectivity index is 1.53. The van der Waals surface area contributed by atoms with E-state index in [9.17, 15) is 9.90 Å². The maximum absolute atomic E-state index is 12.1. The Kier molecular flexibility index (Phi) is 5.94. The second-order valence-corrected chi connectivity index (χ2v) is 7.08. The zero-order valence-corrected chi connectivity index (χ0v) is 15.2. The first kappa shape index (κ1) is 18.5. The predicted octanol–water partition coefficient (Wildman–Crippen LogP) is 4.82. The number of hydrogen-bond donors (Lipinski definition) is 1. The van der Waals surface area contributed by atoms with Gasteiger partial charge in [-0.3, -0.25) is 4.79 Å². The SMILES string of the molecule is C[C@H](Oc1ccc(OC(=O)CC2(O)CCCCC2)cc1)c1ccccc1. The van der Waals surface area contributed by atoms with Gasteiger partial charge in [0.25, 0.3) is 0 Å². The summed E-state index contributed by atoms with van der Waals surface area (Å²) in [7, 11) is 0. The minimum Gasteiger partial charge on any atom is -0.486 e. The average Bonchev–Trinajstić information content (AvgIpc) is 2.64. The van der Waals surface area contributed by atoms with Crippen LogP contribution in [-0.4, -0.2) is 16.7 Å². The molecule has 1 aliphatic rings. The summed E-state index contributed by atoms with van der Waals surface area (Å²) in [5.74, 6) is 0.793. The van der Waals surface area contributed by atoms with Crippen LogP contribution < -0.4 is 9.47 Å². The summed E-state index contributed by atoms with van der Waals surface area (Å²) in [6.07, 6.45) is 4.39. The van der Waals surface area contributed by atoms with E-state index in [0.717, 1.165) is 24.8 Å². The molecule has 1 N–H and O–H groups in total. The van der Waals surface area contributed by atoms with E-state index in [1.807, 2.05) is 37.3 Å². The number of carbonyl (C=O) groups is 1. The van der Waals surface area contributed by atoms with Crippen molar-refractivity contribution in [3.05, 3.63) is 60.2 Å². The highest BCUT2D eigenvalue weighted by Gasteiger charge is 2.32. The first-order chi connectivity index (χ1) is 12.5. The van der Waals surface area contributed by atoms with Gasteiger partial charge in [0.15, 0.2) is 0 Å². The number of hydrogen-bond acceptors (Lipinski definition) is 4. The number of rotatable bonds is 6. The van der Waals surface area contributed by atoms with Crippen LogP contribution >= 0.6 is 0 Å². The second kappa shape index (κ2) is 8.37. The Morgan fingerprint density at radius 3 is 2.27 bits per heavy atom. The maximum Gasteiger partial charge on any atom is 0.314 e. The van der Waals surface area contributed by atoms with Crippen molar-refractivity contribution in [1.82, 2.24) is 0 Å². The van der Waals surface area contributed by atoms with E-state index in [-0.39, 0.29) is 18.5 Å². The molecule has 1 aliphatic carbocycles. The molecule has 2 aromatic rings. The van der Waals surface area contributed by atoms with E-state index < -0.39 is 5.60 Å². The summed E-state index contributed by atoms with van der Waals surface area (Å²) in [6, 6.07) is 17.0. The molecule has 0 saturated heterocycles. The van der Waals surface area contributed by atoms with Gasteiger partial charge < -0.3 is 14.6 Å². The molecule has 0 aromatic heterocycles. The normalized spacial score (nSPS) is 17.3. The molecule has 1 fully saturated rings. The molecule has 138 valence electrons. The van der Waals surface area contributed by atoms with Crippen LogP contribution in [0, 0.1) is 0 Å². The van der Waals surface area contributed by atoms with Gasteiger partial charge >= 0.3 is 5.97 Å². The molecule has 0 radical (unpaired) electrons. The summed E-state index contributed by atoms with van der Waals surface area (Å²) >= 11 is 0. The zero-order chi connectivity index (χ0) is 18.4. The monoisotopic (exact) mass is 354 g/mol. The van der Waals surface area contributed by atoms with Crippen molar-refractivity contribution in [2.45, 2.75) is 57.2 Å². The molecule has 0 bridgehead atoms. The summed E-state index contributed by atoms with van der Waals surface area (Å²) in [4.78, 5) is 12.1. The number of benzene rings is 2. The highest BCUT2D eigenvalue weighted by Crippen LogP contribution is 2.31. The van der Waals surface area contributed by atoms with Crippen molar-refractivity contribution in [1.29, 1.82) is 0 Å². The van der Waals surface area contributed by atoms with Crippen LogP contribution in [0.25, 0.3) is 0 Å². The smallest absolute Gasteiger partial charge is 0.314 e. The van der Waals surface area contributed by atoms with Crippen molar-refractivity contribution < 1.29 is 19.4 Å². The molecular formula is C22H26O4. The van der Waals surface area contributed by atoms with Crippen LogP contribution in [0.15, 0.2) is 54.6 Å². The van der Waals surface area contributed by atoms with Crippen molar-refractivity contribution in [2.75, 3.05) is 0 Å². The lowest BCUT2D eigenvalue weighted by Crippen LogP contribution is -2.35. The summed E-state index contributed by atoms with van der Waals surface area (Å²) < 4.78 is 11.3. The lowest BCUT2D eigenvalue weighted by Gasteiger charge is -2.30. The van der Waals surface area contributed by atoms with Gasteiger partial charge in [-0.2, -0.15) is 0 Å². The molecule has 2 aromatic carbocycles. The van der Waals surface area contributed by atoms with Crippen LogP contribution in [0.4, 0.5) is 0 Å². The molecule has 1 atom stereocenters. The maximum atomic E-state index is 12.1. The molecule has 4 heteroatoms. The largest absolute Gasteiger partial charge is 0.486 e. The zero-order valence-electron chi connectivity index (χ0n) is 15.2. The number of aliphatic hydroxyl groups is 1. The van der Waals surface area contributed by atoms with Crippen LogP contribution in [0.1, 0.15) is 57.1 Å². The van der Waals surface area contributed by atoms with Crippen LogP contribution in [0.2, 0.25) is 0 Å². The van der Waals surface area contributed by atoms with Crippen LogP contribution in [-0.2, 0) is 4.79 Å². The predicted molar refractivity (Wildman–Crippen MR) is 100 cm³/mol. The van der Waals surface area contributed by atoms with Gasteiger partial charge in [-0.25, -0.2) is 0 Å². The fraction of sp³-hybridized carbons (Fsp3) is 0.409. The second-order valence-electron chi connectivity index (χ2n) is 7.08. The molecule has 26 heavy (non-hydrogen) atoms. The van der Waals surface area contributed by atoms with E-state index >= 15 is 0 Å². The Bertz CT molecular complexity index is 703. The molecule has 0 aliphatic heterocycles. The minimum absolute atomic E-state index is 0.0519. The molecule has 3 rings (SSSR count). The molecule has 1 saturated carbocycles.